The van der Waals surface area contributed by atoms with Crippen molar-refractivity contribution in [1.82, 2.24) is 15.5 Å². The average Bonchev–Trinajstić information content (AvgIpc) is 2.53. The van der Waals surface area contributed by atoms with Crippen LogP contribution in [0.4, 0.5) is 0 Å². The molecule has 126 valence electrons. The lowest BCUT2D eigenvalue weighted by molar-refractivity contribution is -0.134. The first-order chi connectivity index (χ1) is 10.6. The van der Waals surface area contributed by atoms with Gasteiger partial charge in [-0.1, -0.05) is 6.42 Å². The molecule has 22 heavy (non-hydrogen) atoms. The number of carbonyl (C=O) groups excluding carboxylic acids is 2. The molecule has 1 aliphatic heterocycles. The molecule has 2 amide bonds. The second-order valence-electron chi connectivity index (χ2n) is 7.09. The molecular formula is C17H31N3O2. The van der Waals surface area contributed by atoms with Gasteiger partial charge in [0.25, 0.3) is 0 Å². The minimum absolute atomic E-state index is 0.0819. The van der Waals surface area contributed by atoms with E-state index in [4.69, 9.17) is 0 Å². The van der Waals surface area contributed by atoms with E-state index in [0.717, 1.165) is 45.2 Å². The van der Waals surface area contributed by atoms with Crippen molar-refractivity contribution in [2.45, 2.75) is 57.4 Å². The molecule has 0 aromatic heterocycles. The highest BCUT2D eigenvalue weighted by atomic mass is 16.2. The topological polar surface area (TPSA) is 61.4 Å². The maximum atomic E-state index is 12.1. The molecule has 2 unspecified atom stereocenters. The molecule has 0 radical (unpaired) electrons. The van der Waals surface area contributed by atoms with Gasteiger partial charge in [-0.15, -0.1) is 0 Å². The zero-order valence-corrected chi connectivity index (χ0v) is 14.1. The van der Waals surface area contributed by atoms with Crippen molar-refractivity contribution in [1.29, 1.82) is 0 Å². The fourth-order valence-corrected chi connectivity index (χ4v) is 3.72. The van der Waals surface area contributed by atoms with Crippen LogP contribution in [0.25, 0.3) is 0 Å². The van der Waals surface area contributed by atoms with Crippen LogP contribution in [0.15, 0.2) is 0 Å². The molecule has 2 N–H and O–H groups in total. The Labute approximate surface area is 134 Å². The summed E-state index contributed by atoms with van der Waals surface area (Å²) in [6.45, 7) is 2.17. The van der Waals surface area contributed by atoms with E-state index < -0.39 is 0 Å². The number of hydrogen-bond donors (Lipinski definition) is 2. The zero-order valence-electron chi connectivity index (χ0n) is 14.1. The lowest BCUT2D eigenvalue weighted by Gasteiger charge is -2.30. The Morgan fingerprint density at radius 3 is 2.55 bits per heavy atom. The summed E-state index contributed by atoms with van der Waals surface area (Å²) in [6.07, 6.45) is 7.81. The summed E-state index contributed by atoms with van der Waals surface area (Å²) in [5.74, 6) is 1.15. The number of amides is 2. The Hall–Kier alpha value is -1.10. The molecule has 0 spiro atoms. The van der Waals surface area contributed by atoms with Gasteiger partial charge in [0.15, 0.2) is 0 Å². The minimum atomic E-state index is 0.0819. The third-order valence-electron chi connectivity index (χ3n) is 5.07. The summed E-state index contributed by atoms with van der Waals surface area (Å²) in [4.78, 5) is 25.9. The van der Waals surface area contributed by atoms with E-state index in [1.54, 1.807) is 4.90 Å². The Morgan fingerprint density at radius 2 is 1.86 bits per heavy atom. The van der Waals surface area contributed by atoms with Gasteiger partial charge in [-0.05, 0) is 57.5 Å². The molecule has 2 fully saturated rings. The molecule has 2 atom stereocenters. The lowest BCUT2D eigenvalue weighted by atomic mass is 9.84. The summed E-state index contributed by atoms with van der Waals surface area (Å²) >= 11 is 0. The van der Waals surface area contributed by atoms with Crippen LogP contribution < -0.4 is 10.6 Å². The van der Waals surface area contributed by atoms with E-state index in [9.17, 15) is 9.59 Å². The van der Waals surface area contributed by atoms with Gasteiger partial charge in [-0.3, -0.25) is 9.59 Å². The summed E-state index contributed by atoms with van der Waals surface area (Å²) in [7, 11) is 3.62. The van der Waals surface area contributed by atoms with E-state index in [0.29, 0.717) is 12.3 Å². The van der Waals surface area contributed by atoms with Gasteiger partial charge in [0.1, 0.15) is 0 Å². The standard InChI is InChI=1S/C17H31N3O2/c1-20(2)17(22)14-4-3-5-15(12-14)19-16(21)7-6-13-8-10-18-11-9-13/h13-15,18H,3-12H2,1-2H3,(H,19,21). The van der Waals surface area contributed by atoms with Gasteiger partial charge >= 0.3 is 0 Å². The molecule has 1 aliphatic carbocycles. The van der Waals surface area contributed by atoms with Crippen molar-refractivity contribution < 1.29 is 9.59 Å². The quantitative estimate of drug-likeness (QED) is 0.809. The van der Waals surface area contributed by atoms with Crippen molar-refractivity contribution in [2.75, 3.05) is 27.2 Å². The Bertz CT molecular complexity index is 378. The highest BCUT2D eigenvalue weighted by Gasteiger charge is 2.29. The van der Waals surface area contributed by atoms with Crippen LogP contribution in [0.3, 0.4) is 0 Å². The minimum Gasteiger partial charge on any atom is -0.353 e. The smallest absolute Gasteiger partial charge is 0.225 e. The fourth-order valence-electron chi connectivity index (χ4n) is 3.72. The molecule has 1 saturated heterocycles. The second kappa shape index (κ2) is 8.51. The second-order valence-corrected chi connectivity index (χ2v) is 7.09. The molecule has 1 heterocycles. The number of rotatable bonds is 5. The van der Waals surface area contributed by atoms with Crippen LogP contribution in [0.5, 0.6) is 0 Å². The number of hydrogen-bond acceptors (Lipinski definition) is 3. The fraction of sp³-hybridized carbons (Fsp3) is 0.882. The molecular weight excluding hydrogens is 278 g/mol. The highest BCUT2D eigenvalue weighted by molar-refractivity contribution is 5.79. The van der Waals surface area contributed by atoms with Crippen molar-refractivity contribution >= 4 is 11.8 Å². The lowest BCUT2D eigenvalue weighted by Crippen LogP contribution is -2.42. The van der Waals surface area contributed by atoms with Crippen LogP contribution in [0.2, 0.25) is 0 Å². The van der Waals surface area contributed by atoms with Crippen molar-refractivity contribution in [3.63, 3.8) is 0 Å². The molecule has 2 rings (SSSR count). The van der Waals surface area contributed by atoms with Crippen molar-refractivity contribution in [2.24, 2.45) is 11.8 Å². The molecule has 1 saturated carbocycles. The number of carbonyl (C=O) groups is 2. The Kier molecular flexibility index (Phi) is 6.68. The van der Waals surface area contributed by atoms with Crippen LogP contribution in [-0.4, -0.2) is 49.9 Å². The van der Waals surface area contributed by atoms with Gasteiger partial charge in [-0.25, -0.2) is 0 Å². The first kappa shape index (κ1) is 17.3. The predicted molar refractivity (Wildman–Crippen MR) is 87.4 cm³/mol. The zero-order chi connectivity index (χ0) is 15.9. The first-order valence-corrected chi connectivity index (χ1v) is 8.77. The number of nitrogens with zero attached hydrogens (tertiary/aromatic N) is 1. The van der Waals surface area contributed by atoms with Crippen molar-refractivity contribution in [3.8, 4) is 0 Å². The van der Waals surface area contributed by atoms with Crippen LogP contribution in [-0.2, 0) is 9.59 Å². The van der Waals surface area contributed by atoms with E-state index in [1.165, 1.54) is 12.8 Å². The highest BCUT2D eigenvalue weighted by Crippen LogP contribution is 2.26. The summed E-state index contributed by atoms with van der Waals surface area (Å²) in [5.41, 5.74) is 0. The maximum Gasteiger partial charge on any atom is 0.225 e. The van der Waals surface area contributed by atoms with E-state index >= 15 is 0 Å². The van der Waals surface area contributed by atoms with E-state index in [-0.39, 0.29) is 23.8 Å². The van der Waals surface area contributed by atoms with Gasteiger partial charge < -0.3 is 15.5 Å². The van der Waals surface area contributed by atoms with Crippen LogP contribution in [0, 0.1) is 11.8 Å². The van der Waals surface area contributed by atoms with Gasteiger partial charge in [-0.2, -0.15) is 0 Å². The maximum absolute atomic E-state index is 12.1. The van der Waals surface area contributed by atoms with Crippen molar-refractivity contribution in [3.05, 3.63) is 0 Å². The monoisotopic (exact) mass is 309 g/mol. The van der Waals surface area contributed by atoms with Crippen LogP contribution in [0.1, 0.15) is 51.4 Å². The molecule has 5 heteroatoms. The van der Waals surface area contributed by atoms with E-state index in [2.05, 4.69) is 10.6 Å². The first-order valence-electron chi connectivity index (χ1n) is 8.77. The third-order valence-corrected chi connectivity index (χ3v) is 5.07. The Morgan fingerprint density at radius 1 is 1.14 bits per heavy atom. The molecule has 0 bridgehead atoms. The third kappa shape index (κ3) is 5.27. The molecule has 0 aromatic carbocycles. The average molecular weight is 309 g/mol. The van der Waals surface area contributed by atoms with Gasteiger partial charge in [0.05, 0.1) is 0 Å². The Balaban J connectivity index is 1.70. The summed E-state index contributed by atoms with van der Waals surface area (Å²) in [5, 5.41) is 6.51. The number of nitrogens with one attached hydrogen (secondary N) is 2. The van der Waals surface area contributed by atoms with Gasteiger partial charge in [0, 0.05) is 32.5 Å². The van der Waals surface area contributed by atoms with Crippen LogP contribution >= 0.6 is 0 Å². The number of piperidine rings is 1. The van der Waals surface area contributed by atoms with E-state index in [1.807, 2.05) is 14.1 Å². The molecule has 2 aliphatic rings. The molecule has 5 nitrogen and oxygen atoms in total. The summed E-state index contributed by atoms with van der Waals surface area (Å²) in [6, 6.07) is 0.183. The summed E-state index contributed by atoms with van der Waals surface area (Å²) < 4.78 is 0. The predicted octanol–water partition coefficient (Wildman–Crippen LogP) is 1.53. The SMILES string of the molecule is CN(C)C(=O)C1CCCC(NC(=O)CCC2CCNCC2)C1. The van der Waals surface area contributed by atoms with Gasteiger partial charge in [0.2, 0.25) is 11.8 Å². The largest absolute Gasteiger partial charge is 0.353 e. The normalized spacial score (nSPS) is 26.5. The molecule has 0 aromatic rings.